The Hall–Kier alpha value is -2.64. The third-order valence-electron chi connectivity index (χ3n) is 5.12. The van der Waals surface area contributed by atoms with Crippen LogP contribution in [0.15, 0.2) is 65.6 Å². The predicted octanol–water partition coefficient (Wildman–Crippen LogP) is 7.86. The van der Waals surface area contributed by atoms with E-state index in [1.54, 1.807) is 42.5 Å². The average molecular weight is 549 g/mol. The van der Waals surface area contributed by atoms with Crippen LogP contribution >= 0.6 is 46.6 Å². The third kappa shape index (κ3) is 5.96. The summed E-state index contributed by atoms with van der Waals surface area (Å²) >= 11 is 19.8. The van der Waals surface area contributed by atoms with E-state index in [-0.39, 0.29) is 23.3 Å². The molecular formula is C26H20Cl3NO4S. The van der Waals surface area contributed by atoms with Crippen LogP contribution in [-0.2, 0) is 17.9 Å². The molecule has 3 aromatic carbocycles. The monoisotopic (exact) mass is 547 g/mol. The highest BCUT2D eigenvalue weighted by atomic mass is 35.5. The number of thioether (sulfide) groups is 1. The van der Waals surface area contributed by atoms with E-state index in [1.807, 2.05) is 31.2 Å². The van der Waals surface area contributed by atoms with Gasteiger partial charge in [-0.25, -0.2) is 0 Å². The molecule has 35 heavy (non-hydrogen) atoms. The summed E-state index contributed by atoms with van der Waals surface area (Å²) in [6.07, 6.45) is 1.61. The van der Waals surface area contributed by atoms with Gasteiger partial charge in [-0.05, 0) is 60.2 Å². The fourth-order valence-corrected chi connectivity index (χ4v) is 4.92. The highest BCUT2D eigenvalue weighted by molar-refractivity contribution is 8.18. The molecule has 3 aromatic rings. The molecule has 0 aliphatic carbocycles. The van der Waals surface area contributed by atoms with E-state index in [9.17, 15) is 9.59 Å². The number of carbonyl (C=O) groups is 2. The highest BCUT2D eigenvalue weighted by Crippen LogP contribution is 2.40. The average Bonchev–Trinajstić information content (AvgIpc) is 3.08. The van der Waals surface area contributed by atoms with Crippen LogP contribution < -0.4 is 9.47 Å². The van der Waals surface area contributed by atoms with Crippen molar-refractivity contribution in [3.8, 4) is 11.5 Å². The van der Waals surface area contributed by atoms with Gasteiger partial charge in [-0.1, -0.05) is 71.2 Å². The molecule has 0 spiro atoms. The van der Waals surface area contributed by atoms with E-state index in [2.05, 4.69) is 0 Å². The highest BCUT2D eigenvalue weighted by Gasteiger charge is 2.35. The van der Waals surface area contributed by atoms with E-state index in [4.69, 9.17) is 44.3 Å². The van der Waals surface area contributed by atoms with Gasteiger partial charge >= 0.3 is 0 Å². The van der Waals surface area contributed by atoms with Crippen molar-refractivity contribution in [1.29, 1.82) is 0 Å². The molecule has 0 aromatic heterocycles. The molecular weight excluding hydrogens is 529 g/mol. The number of rotatable bonds is 8. The normalized spacial score (nSPS) is 14.6. The summed E-state index contributed by atoms with van der Waals surface area (Å²) in [7, 11) is 0. The minimum absolute atomic E-state index is 0.0987. The van der Waals surface area contributed by atoms with Gasteiger partial charge < -0.3 is 9.47 Å². The lowest BCUT2D eigenvalue weighted by molar-refractivity contribution is -0.123. The van der Waals surface area contributed by atoms with E-state index >= 15 is 0 Å². The first-order chi connectivity index (χ1) is 16.9. The van der Waals surface area contributed by atoms with E-state index in [1.165, 1.54) is 4.90 Å². The largest absolute Gasteiger partial charge is 0.490 e. The number of ether oxygens (including phenoxy) is 2. The van der Waals surface area contributed by atoms with Crippen LogP contribution in [0.1, 0.15) is 23.6 Å². The first-order valence-corrected chi connectivity index (χ1v) is 12.6. The summed E-state index contributed by atoms with van der Waals surface area (Å²) in [5.74, 6) is 0.402. The minimum Gasteiger partial charge on any atom is -0.490 e. The van der Waals surface area contributed by atoms with Crippen molar-refractivity contribution in [1.82, 2.24) is 4.90 Å². The standard InChI is InChI=1S/C26H20Cl3NO4S/c1-2-33-22-12-16(11-21(29)24(22)34-15-18-8-4-6-10-20(18)28)13-23-25(31)30(26(32)35-23)14-17-7-3-5-9-19(17)27/h3-13H,2,14-15H2,1H3/b23-13-. The van der Waals surface area contributed by atoms with Crippen molar-refractivity contribution in [3.63, 3.8) is 0 Å². The lowest BCUT2D eigenvalue weighted by atomic mass is 10.1. The lowest BCUT2D eigenvalue weighted by Crippen LogP contribution is -2.27. The van der Waals surface area contributed by atoms with Crippen LogP contribution in [0.2, 0.25) is 15.1 Å². The second-order valence-electron chi connectivity index (χ2n) is 7.50. The maximum absolute atomic E-state index is 13.0. The molecule has 1 aliphatic heterocycles. The topological polar surface area (TPSA) is 55.8 Å². The Morgan fingerprint density at radius 3 is 2.20 bits per heavy atom. The van der Waals surface area contributed by atoms with Gasteiger partial charge in [0.2, 0.25) is 0 Å². The smallest absolute Gasteiger partial charge is 0.293 e. The van der Waals surface area contributed by atoms with Crippen LogP contribution in [0.25, 0.3) is 6.08 Å². The first-order valence-electron chi connectivity index (χ1n) is 10.7. The third-order valence-corrected chi connectivity index (χ3v) is 7.04. The van der Waals surface area contributed by atoms with Crippen LogP contribution in [-0.4, -0.2) is 22.7 Å². The van der Waals surface area contributed by atoms with E-state index < -0.39 is 5.91 Å². The zero-order valence-electron chi connectivity index (χ0n) is 18.6. The molecule has 5 nitrogen and oxygen atoms in total. The molecule has 0 unspecified atom stereocenters. The van der Waals surface area contributed by atoms with Crippen molar-refractivity contribution < 1.29 is 19.1 Å². The molecule has 0 saturated carbocycles. The van der Waals surface area contributed by atoms with Gasteiger partial charge in [0.05, 0.1) is 23.1 Å². The number of benzene rings is 3. The summed E-state index contributed by atoms with van der Waals surface area (Å²) in [4.78, 5) is 27.0. The first kappa shape index (κ1) is 25.5. The van der Waals surface area contributed by atoms with Crippen LogP contribution in [0.4, 0.5) is 4.79 Å². The molecule has 0 N–H and O–H groups in total. The summed E-state index contributed by atoms with van der Waals surface area (Å²) in [5.41, 5.74) is 2.11. The molecule has 0 radical (unpaired) electrons. The molecule has 9 heteroatoms. The Morgan fingerprint density at radius 2 is 1.54 bits per heavy atom. The van der Waals surface area contributed by atoms with Gasteiger partial charge in [0.15, 0.2) is 11.5 Å². The van der Waals surface area contributed by atoms with Crippen molar-refractivity contribution in [2.45, 2.75) is 20.1 Å². The van der Waals surface area contributed by atoms with E-state index in [0.717, 1.165) is 17.3 Å². The van der Waals surface area contributed by atoms with Gasteiger partial charge in [0.1, 0.15) is 6.61 Å². The molecule has 1 saturated heterocycles. The van der Waals surface area contributed by atoms with Gasteiger partial charge in [0.25, 0.3) is 11.1 Å². The summed E-state index contributed by atoms with van der Waals surface area (Å²) in [6.45, 7) is 2.54. The number of nitrogens with zero attached hydrogens (tertiary/aromatic N) is 1. The SMILES string of the molecule is CCOc1cc(/C=C2\SC(=O)N(Cc3ccccc3Cl)C2=O)cc(Cl)c1OCc1ccccc1Cl. The minimum atomic E-state index is -0.395. The Bertz CT molecular complexity index is 1310. The number of hydrogen-bond acceptors (Lipinski definition) is 5. The van der Waals surface area contributed by atoms with Crippen molar-refractivity contribution in [2.75, 3.05) is 6.61 Å². The van der Waals surface area contributed by atoms with Crippen molar-refractivity contribution in [2.24, 2.45) is 0 Å². The van der Waals surface area contributed by atoms with Gasteiger partial charge in [-0.2, -0.15) is 0 Å². The van der Waals surface area contributed by atoms with Crippen LogP contribution in [0, 0.1) is 0 Å². The molecule has 0 bridgehead atoms. The van der Waals surface area contributed by atoms with Crippen molar-refractivity contribution >= 4 is 63.8 Å². The zero-order valence-corrected chi connectivity index (χ0v) is 21.7. The number of amides is 2. The Morgan fingerprint density at radius 1 is 0.886 bits per heavy atom. The molecule has 1 fully saturated rings. The second-order valence-corrected chi connectivity index (χ2v) is 9.72. The Kier molecular flexibility index (Phi) is 8.29. The lowest BCUT2D eigenvalue weighted by Gasteiger charge is -2.15. The molecule has 0 atom stereocenters. The maximum Gasteiger partial charge on any atom is 0.293 e. The predicted molar refractivity (Wildman–Crippen MR) is 141 cm³/mol. The molecule has 1 heterocycles. The quantitative estimate of drug-likeness (QED) is 0.268. The number of hydrogen-bond donors (Lipinski definition) is 0. The number of carbonyl (C=O) groups excluding carboxylic acids is 2. The van der Waals surface area contributed by atoms with Gasteiger partial charge in [-0.3, -0.25) is 14.5 Å². The number of halogens is 3. The molecule has 2 amide bonds. The second kappa shape index (κ2) is 11.4. The maximum atomic E-state index is 13.0. The fourth-order valence-electron chi connectivity index (χ4n) is 3.42. The van der Waals surface area contributed by atoms with Crippen LogP contribution in [0.5, 0.6) is 11.5 Å². The van der Waals surface area contributed by atoms with Crippen LogP contribution in [0.3, 0.4) is 0 Å². The van der Waals surface area contributed by atoms with E-state index in [0.29, 0.717) is 44.3 Å². The summed E-state index contributed by atoms with van der Waals surface area (Å²) in [5, 5.41) is 1.03. The Labute approximate surface area is 222 Å². The molecule has 180 valence electrons. The zero-order chi connectivity index (χ0) is 24.9. The number of imide groups is 1. The summed E-state index contributed by atoms with van der Waals surface area (Å²) in [6, 6.07) is 17.9. The fraction of sp³-hybridized carbons (Fsp3) is 0.154. The van der Waals surface area contributed by atoms with Gasteiger partial charge in [0, 0.05) is 15.6 Å². The molecule has 4 rings (SSSR count). The van der Waals surface area contributed by atoms with Crippen molar-refractivity contribution in [3.05, 3.63) is 97.3 Å². The Balaban J connectivity index is 1.57. The van der Waals surface area contributed by atoms with Gasteiger partial charge in [-0.15, -0.1) is 0 Å². The summed E-state index contributed by atoms with van der Waals surface area (Å²) < 4.78 is 11.7. The molecule has 1 aliphatic rings.